The minimum atomic E-state index is -0.0948. The number of carbonyl (C=O) groups is 1. The maximum atomic E-state index is 12.7. The van der Waals surface area contributed by atoms with Crippen LogP contribution in [0.5, 0.6) is 5.75 Å². The van der Waals surface area contributed by atoms with Gasteiger partial charge in [0.15, 0.2) is 10.6 Å². The number of amides is 1. The first-order valence-corrected chi connectivity index (χ1v) is 9.94. The number of ether oxygens (including phenoxy) is 1. The van der Waals surface area contributed by atoms with E-state index < -0.39 is 0 Å². The number of fused-ring (bicyclic) bond motifs is 1. The number of aromatic nitrogens is 2. The third kappa shape index (κ3) is 4.09. The Morgan fingerprint density at radius 2 is 2.00 bits per heavy atom. The standard InChI is InChI=1S/C21H25N3O3S/c1-11-7-13-16(25)8-14(22-18(13)12(2)19(11)27-6)15-10-28-20(23-15)24-17(26)9-21(3,4)5/h7-8,10H,9H2,1-6H3,(H,22,25)(H,23,24,26). The van der Waals surface area contributed by atoms with Crippen LogP contribution in [0, 0.1) is 19.3 Å². The Balaban J connectivity index is 1.98. The van der Waals surface area contributed by atoms with Crippen molar-refractivity contribution in [2.75, 3.05) is 12.4 Å². The zero-order valence-corrected chi connectivity index (χ0v) is 17.8. The van der Waals surface area contributed by atoms with Gasteiger partial charge in [-0.25, -0.2) is 4.98 Å². The third-order valence-electron chi connectivity index (χ3n) is 4.43. The molecule has 0 saturated heterocycles. The van der Waals surface area contributed by atoms with E-state index in [2.05, 4.69) is 15.3 Å². The number of pyridine rings is 1. The highest BCUT2D eigenvalue weighted by Crippen LogP contribution is 2.31. The molecule has 0 bridgehead atoms. The van der Waals surface area contributed by atoms with Gasteiger partial charge in [-0.05, 0) is 30.9 Å². The van der Waals surface area contributed by atoms with Crippen LogP contribution in [0.2, 0.25) is 0 Å². The summed E-state index contributed by atoms with van der Waals surface area (Å²) in [7, 11) is 1.62. The van der Waals surface area contributed by atoms with E-state index in [1.54, 1.807) is 13.2 Å². The van der Waals surface area contributed by atoms with E-state index in [4.69, 9.17) is 4.74 Å². The van der Waals surface area contributed by atoms with Gasteiger partial charge in [-0.1, -0.05) is 20.8 Å². The van der Waals surface area contributed by atoms with Crippen molar-refractivity contribution in [3.05, 3.63) is 38.9 Å². The Morgan fingerprint density at radius 3 is 2.64 bits per heavy atom. The van der Waals surface area contributed by atoms with Gasteiger partial charge in [0.25, 0.3) is 0 Å². The number of aromatic amines is 1. The Labute approximate surface area is 168 Å². The summed E-state index contributed by atoms with van der Waals surface area (Å²) in [4.78, 5) is 32.6. The molecule has 7 heteroatoms. The highest BCUT2D eigenvalue weighted by molar-refractivity contribution is 7.14. The number of hydrogen-bond acceptors (Lipinski definition) is 5. The zero-order chi connectivity index (χ0) is 20.6. The molecule has 1 amide bonds. The van der Waals surface area contributed by atoms with Crippen LogP contribution in [0.3, 0.4) is 0 Å². The van der Waals surface area contributed by atoms with E-state index in [1.165, 1.54) is 11.3 Å². The van der Waals surface area contributed by atoms with Crippen LogP contribution in [-0.4, -0.2) is 23.0 Å². The van der Waals surface area contributed by atoms with Gasteiger partial charge < -0.3 is 15.0 Å². The number of aryl methyl sites for hydroxylation is 2. The molecule has 0 saturated carbocycles. The molecule has 2 heterocycles. The lowest BCUT2D eigenvalue weighted by atomic mass is 9.92. The van der Waals surface area contributed by atoms with Gasteiger partial charge in [0.2, 0.25) is 5.91 Å². The van der Waals surface area contributed by atoms with Gasteiger partial charge in [-0.15, -0.1) is 11.3 Å². The molecule has 1 aromatic carbocycles. The summed E-state index contributed by atoms with van der Waals surface area (Å²) >= 11 is 1.33. The number of hydrogen-bond donors (Lipinski definition) is 2. The number of nitrogens with zero attached hydrogens (tertiary/aromatic N) is 1. The number of rotatable bonds is 4. The van der Waals surface area contributed by atoms with Crippen molar-refractivity contribution in [1.29, 1.82) is 0 Å². The van der Waals surface area contributed by atoms with Crippen LogP contribution < -0.4 is 15.5 Å². The van der Waals surface area contributed by atoms with Crippen molar-refractivity contribution in [1.82, 2.24) is 9.97 Å². The van der Waals surface area contributed by atoms with Crippen molar-refractivity contribution >= 4 is 33.3 Å². The molecule has 0 spiro atoms. The summed E-state index contributed by atoms with van der Waals surface area (Å²) in [6, 6.07) is 3.38. The molecule has 3 aromatic rings. The van der Waals surface area contributed by atoms with Crippen LogP contribution in [0.4, 0.5) is 5.13 Å². The normalized spacial score (nSPS) is 11.6. The molecule has 0 fully saturated rings. The van der Waals surface area contributed by atoms with Crippen LogP contribution in [-0.2, 0) is 4.79 Å². The molecule has 3 rings (SSSR count). The van der Waals surface area contributed by atoms with E-state index in [0.717, 1.165) is 22.4 Å². The van der Waals surface area contributed by atoms with Crippen LogP contribution >= 0.6 is 11.3 Å². The van der Waals surface area contributed by atoms with Crippen molar-refractivity contribution < 1.29 is 9.53 Å². The lowest BCUT2D eigenvalue weighted by Gasteiger charge is -2.16. The molecule has 28 heavy (non-hydrogen) atoms. The molecule has 0 atom stereocenters. The fourth-order valence-corrected chi connectivity index (χ4v) is 3.98. The number of H-pyrrole nitrogens is 1. The Hall–Kier alpha value is -2.67. The average Bonchev–Trinajstić information content (AvgIpc) is 3.02. The first-order chi connectivity index (χ1) is 13.1. The Morgan fingerprint density at radius 1 is 1.29 bits per heavy atom. The van der Waals surface area contributed by atoms with E-state index in [1.807, 2.05) is 46.1 Å². The number of methoxy groups -OCH3 is 1. The summed E-state index contributed by atoms with van der Waals surface area (Å²) in [6.07, 6.45) is 0.410. The summed E-state index contributed by atoms with van der Waals surface area (Å²) in [6.45, 7) is 9.88. The van der Waals surface area contributed by atoms with Gasteiger partial charge in [0.1, 0.15) is 5.75 Å². The van der Waals surface area contributed by atoms with Crippen LogP contribution in [0.1, 0.15) is 38.3 Å². The van der Waals surface area contributed by atoms with Crippen molar-refractivity contribution in [2.45, 2.75) is 41.0 Å². The maximum absolute atomic E-state index is 12.7. The molecular weight excluding hydrogens is 374 g/mol. The van der Waals surface area contributed by atoms with E-state index in [0.29, 0.717) is 28.3 Å². The van der Waals surface area contributed by atoms with Crippen LogP contribution in [0.25, 0.3) is 22.3 Å². The molecule has 0 unspecified atom stereocenters. The smallest absolute Gasteiger partial charge is 0.226 e. The molecule has 148 valence electrons. The third-order valence-corrected chi connectivity index (χ3v) is 5.18. The summed E-state index contributed by atoms with van der Waals surface area (Å²) in [5.74, 6) is 0.685. The summed E-state index contributed by atoms with van der Waals surface area (Å²) in [5, 5.41) is 5.79. The Kier molecular flexibility index (Phi) is 5.30. The van der Waals surface area contributed by atoms with Crippen molar-refractivity contribution in [3.63, 3.8) is 0 Å². The number of nitrogens with one attached hydrogen (secondary N) is 2. The maximum Gasteiger partial charge on any atom is 0.226 e. The second-order valence-electron chi connectivity index (χ2n) is 8.15. The minimum absolute atomic E-state index is 0.0727. The van der Waals surface area contributed by atoms with Gasteiger partial charge in [-0.2, -0.15) is 0 Å². The van der Waals surface area contributed by atoms with Crippen molar-refractivity contribution in [3.8, 4) is 17.1 Å². The molecule has 2 N–H and O–H groups in total. The van der Waals surface area contributed by atoms with Gasteiger partial charge >= 0.3 is 0 Å². The van der Waals surface area contributed by atoms with E-state index in [-0.39, 0.29) is 16.8 Å². The number of benzene rings is 1. The van der Waals surface area contributed by atoms with Gasteiger partial charge in [0, 0.05) is 28.8 Å². The highest BCUT2D eigenvalue weighted by atomic mass is 32.1. The first-order valence-electron chi connectivity index (χ1n) is 9.06. The number of anilines is 1. The van der Waals surface area contributed by atoms with Crippen LogP contribution in [0.15, 0.2) is 22.3 Å². The minimum Gasteiger partial charge on any atom is -0.496 e. The molecule has 0 radical (unpaired) electrons. The fraction of sp³-hybridized carbons (Fsp3) is 0.381. The summed E-state index contributed by atoms with van der Waals surface area (Å²) < 4.78 is 5.47. The zero-order valence-electron chi connectivity index (χ0n) is 17.0. The fourth-order valence-electron chi connectivity index (χ4n) is 3.25. The molecule has 6 nitrogen and oxygen atoms in total. The second-order valence-corrected chi connectivity index (χ2v) is 9.00. The van der Waals surface area contributed by atoms with E-state index in [9.17, 15) is 9.59 Å². The number of thiazole rings is 1. The molecule has 2 aromatic heterocycles. The predicted molar refractivity (Wildman–Crippen MR) is 114 cm³/mol. The van der Waals surface area contributed by atoms with Gasteiger partial charge in [-0.3, -0.25) is 9.59 Å². The summed E-state index contributed by atoms with van der Waals surface area (Å²) in [5.41, 5.74) is 3.59. The first kappa shape index (κ1) is 20.1. The monoisotopic (exact) mass is 399 g/mol. The second kappa shape index (κ2) is 7.39. The SMILES string of the molecule is COc1c(C)cc2c(=O)cc(-c3csc(NC(=O)CC(C)(C)C)n3)[nH]c2c1C. The molecular formula is C21H25N3O3S. The topological polar surface area (TPSA) is 84.1 Å². The lowest BCUT2D eigenvalue weighted by Crippen LogP contribution is -2.19. The predicted octanol–water partition coefficient (Wildman–Crippen LogP) is 4.65. The van der Waals surface area contributed by atoms with Gasteiger partial charge in [0.05, 0.1) is 24.0 Å². The quantitative estimate of drug-likeness (QED) is 0.669. The van der Waals surface area contributed by atoms with E-state index >= 15 is 0 Å². The molecule has 0 aliphatic rings. The number of carbonyl (C=O) groups excluding carboxylic acids is 1. The Bertz CT molecular complexity index is 1110. The van der Waals surface area contributed by atoms with Crippen molar-refractivity contribution in [2.24, 2.45) is 5.41 Å². The molecule has 0 aliphatic heterocycles. The highest BCUT2D eigenvalue weighted by Gasteiger charge is 2.18. The molecule has 0 aliphatic carbocycles. The average molecular weight is 400 g/mol. The largest absolute Gasteiger partial charge is 0.496 e. The lowest BCUT2D eigenvalue weighted by molar-refractivity contribution is -0.117.